The Kier molecular flexibility index (Phi) is 2.47. The highest BCUT2D eigenvalue weighted by Crippen LogP contribution is 2.39. The lowest BCUT2D eigenvalue weighted by Crippen LogP contribution is -1.81. The molecule has 0 saturated heterocycles. The van der Waals surface area contributed by atoms with Gasteiger partial charge in [0.25, 0.3) is 0 Å². The van der Waals surface area contributed by atoms with Crippen molar-refractivity contribution in [3.05, 3.63) is 41.7 Å². The summed E-state index contributed by atoms with van der Waals surface area (Å²) in [5, 5.41) is 18.8. The molecule has 1 aromatic heterocycles. The average molecular weight is 222 g/mol. The zero-order valence-corrected chi connectivity index (χ0v) is 8.44. The van der Waals surface area contributed by atoms with Gasteiger partial charge in [0.2, 0.25) is 0 Å². The van der Waals surface area contributed by atoms with Crippen molar-refractivity contribution in [2.24, 2.45) is 0 Å². The van der Waals surface area contributed by atoms with Crippen LogP contribution >= 0.6 is 11.6 Å². The molecule has 0 aliphatic heterocycles. The predicted octanol–water partition coefficient (Wildman–Crippen LogP) is 2.81. The number of aromatic nitrogens is 1. The van der Waals surface area contributed by atoms with E-state index in [1.807, 2.05) is 0 Å². The molecule has 0 fully saturated rings. The second kappa shape index (κ2) is 3.79. The minimum Gasteiger partial charge on any atom is -0.504 e. The van der Waals surface area contributed by atoms with Crippen LogP contribution in [0.3, 0.4) is 0 Å². The number of pyridine rings is 1. The molecule has 1 heterocycles. The van der Waals surface area contributed by atoms with Gasteiger partial charge in [-0.3, -0.25) is 4.98 Å². The number of phenolic OH excluding ortho intramolecular Hbond substituents is 2. The number of phenols is 2. The molecule has 0 aliphatic carbocycles. The highest BCUT2D eigenvalue weighted by atomic mass is 35.5. The lowest BCUT2D eigenvalue weighted by atomic mass is 10.1. The van der Waals surface area contributed by atoms with Crippen molar-refractivity contribution >= 4 is 11.6 Å². The van der Waals surface area contributed by atoms with E-state index in [0.29, 0.717) is 5.56 Å². The van der Waals surface area contributed by atoms with Gasteiger partial charge in [0.1, 0.15) is 0 Å². The van der Waals surface area contributed by atoms with Crippen LogP contribution in [0.5, 0.6) is 11.5 Å². The van der Waals surface area contributed by atoms with Gasteiger partial charge in [-0.15, -0.1) is 0 Å². The molecule has 0 saturated carbocycles. The van der Waals surface area contributed by atoms with Crippen molar-refractivity contribution in [3.63, 3.8) is 0 Å². The summed E-state index contributed by atoms with van der Waals surface area (Å²) in [7, 11) is 0. The summed E-state index contributed by atoms with van der Waals surface area (Å²) >= 11 is 5.90. The van der Waals surface area contributed by atoms with Crippen molar-refractivity contribution in [2.45, 2.75) is 0 Å². The van der Waals surface area contributed by atoms with Crippen molar-refractivity contribution in [3.8, 4) is 22.6 Å². The zero-order valence-electron chi connectivity index (χ0n) is 7.68. The van der Waals surface area contributed by atoms with Gasteiger partial charge in [0, 0.05) is 18.0 Å². The quantitative estimate of drug-likeness (QED) is 0.728. The molecule has 0 atom stereocenters. The van der Waals surface area contributed by atoms with Crippen LogP contribution in [-0.2, 0) is 0 Å². The molecule has 15 heavy (non-hydrogen) atoms. The Balaban J connectivity index is 2.60. The first-order valence-corrected chi connectivity index (χ1v) is 4.69. The summed E-state index contributed by atoms with van der Waals surface area (Å²) in [6, 6.07) is 6.60. The molecule has 0 aliphatic rings. The third kappa shape index (κ3) is 1.74. The van der Waals surface area contributed by atoms with Gasteiger partial charge in [-0.25, -0.2) is 0 Å². The van der Waals surface area contributed by atoms with Gasteiger partial charge >= 0.3 is 0 Å². The maximum Gasteiger partial charge on any atom is 0.177 e. The highest BCUT2D eigenvalue weighted by molar-refractivity contribution is 6.35. The Morgan fingerprint density at radius 3 is 2.33 bits per heavy atom. The summed E-state index contributed by atoms with van der Waals surface area (Å²) in [6.45, 7) is 0. The van der Waals surface area contributed by atoms with Crippen LogP contribution in [0, 0.1) is 0 Å². The molecule has 2 N–H and O–H groups in total. The van der Waals surface area contributed by atoms with Gasteiger partial charge in [-0.2, -0.15) is 0 Å². The second-order valence-corrected chi connectivity index (χ2v) is 3.41. The molecule has 0 radical (unpaired) electrons. The Morgan fingerprint density at radius 2 is 1.67 bits per heavy atom. The molecule has 1 aromatic carbocycles. The third-order valence-corrected chi connectivity index (χ3v) is 2.47. The van der Waals surface area contributed by atoms with Gasteiger partial charge < -0.3 is 10.2 Å². The molecule has 0 spiro atoms. The third-order valence-electron chi connectivity index (χ3n) is 2.09. The molecule has 0 bridgehead atoms. The van der Waals surface area contributed by atoms with Gasteiger partial charge in [0.15, 0.2) is 11.5 Å². The van der Waals surface area contributed by atoms with E-state index in [9.17, 15) is 10.2 Å². The number of hydrogen-bond donors (Lipinski definition) is 2. The monoisotopic (exact) mass is 221 g/mol. The maximum atomic E-state index is 9.45. The smallest absolute Gasteiger partial charge is 0.177 e. The van der Waals surface area contributed by atoms with E-state index in [1.165, 1.54) is 6.07 Å². The Bertz CT molecular complexity index is 485. The maximum absolute atomic E-state index is 9.45. The summed E-state index contributed by atoms with van der Waals surface area (Å²) in [6.07, 6.45) is 3.27. The summed E-state index contributed by atoms with van der Waals surface area (Å²) < 4.78 is 0. The largest absolute Gasteiger partial charge is 0.504 e. The SMILES string of the molecule is Oc1ccc(-c2ccncc2)c(Cl)c1O. The molecule has 4 heteroatoms. The van der Waals surface area contributed by atoms with Gasteiger partial charge in [0.05, 0.1) is 5.02 Å². The molecule has 2 aromatic rings. The number of aromatic hydroxyl groups is 2. The first-order chi connectivity index (χ1) is 7.20. The van der Waals surface area contributed by atoms with Crippen LogP contribution in [0.1, 0.15) is 0 Å². The first kappa shape index (κ1) is 9.80. The van der Waals surface area contributed by atoms with Crippen molar-refractivity contribution in [2.75, 3.05) is 0 Å². The molecule has 0 amide bonds. The van der Waals surface area contributed by atoms with Crippen LogP contribution in [0.15, 0.2) is 36.7 Å². The number of rotatable bonds is 1. The minimum atomic E-state index is -0.300. The van der Waals surface area contributed by atoms with Crippen LogP contribution in [0.25, 0.3) is 11.1 Å². The zero-order chi connectivity index (χ0) is 10.8. The highest BCUT2D eigenvalue weighted by Gasteiger charge is 2.10. The van der Waals surface area contributed by atoms with E-state index in [0.717, 1.165) is 5.56 Å². The average Bonchev–Trinajstić information content (AvgIpc) is 2.27. The van der Waals surface area contributed by atoms with Crippen molar-refractivity contribution < 1.29 is 10.2 Å². The summed E-state index contributed by atoms with van der Waals surface area (Å²) in [5.74, 6) is -0.524. The molecule has 2 rings (SSSR count). The number of halogens is 1. The van der Waals surface area contributed by atoms with Crippen molar-refractivity contribution in [1.82, 2.24) is 4.98 Å². The second-order valence-electron chi connectivity index (χ2n) is 3.03. The lowest BCUT2D eigenvalue weighted by Gasteiger charge is -2.06. The molecular formula is C11H8ClNO2. The summed E-state index contributed by atoms with van der Waals surface area (Å²) in [4.78, 5) is 3.89. The number of hydrogen-bond acceptors (Lipinski definition) is 3. The fourth-order valence-electron chi connectivity index (χ4n) is 1.31. The van der Waals surface area contributed by atoms with Gasteiger partial charge in [-0.05, 0) is 29.8 Å². The Labute approximate surface area is 91.6 Å². The molecular weight excluding hydrogens is 214 g/mol. The molecule has 0 unspecified atom stereocenters. The number of nitrogens with zero attached hydrogens (tertiary/aromatic N) is 1. The van der Waals surface area contributed by atoms with E-state index in [-0.39, 0.29) is 16.5 Å². The van der Waals surface area contributed by atoms with Crippen molar-refractivity contribution in [1.29, 1.82) is 0 Å². The fourth-order valence-corrected chi connectivity index (χ4v) is 1.58. The van der Waals surface area contributed by atoms with Crippen LogP contribution in [0.4, 0.5) is 0 Å². The Morgan fingerprint density at radius 1 is 1.00 bits per heavy atom. The van der Waals surface area contributed by atoms with Crippen LogP contribution in [-0.4, -0.2) is 15.2 Å². The topological polar surface area (TPSA) is 53.4 Å². The van der Waals surface area contributed by atoms with Gasteiger partial charge in [-0.1, -0.05) is 11.6 Å². The van der Waals surface area contributed by atoms with Crippen LogP contribution < -0.4 is 0 Å². The summed E-state index contributed by atoms with van der Waals surface area (Å²) in [5.41, 5.74) is 1.50. The van der Waals surface area contributed by atoms with E-state index in [2.05, 4.69) is 4.98 Å². The predicted molar refractivity (Wildman–Crippen MR) is 58.0 cm³/mol. The molecule has 76 valence electrons. The van der Waals surface area contributed by atoms with E-state index in [1.54, 1.807) is 30.6 Å². The normalized spacial score (nSPS) is 10.2. The minimum absolute atomic E-state index is 0.140. The fraction of sp³-hybridized carbons (Fsp3) is 0. The standard InChI is InChI=1S/C11H8ClNO2/c12-10-8(1-2-9(14)11(10)15)7-3-5-13-6-4-7/h1-6,14-15H. The van der Waals surface area contributed by atoms with E-state index >= 15 is 0 Å². The lowest BCUT2D eigenvalue weighted by molar-refractivity contribution is 0.404. The first-order valence-electron chi connectivity index (χ1n) is 4.31. The Hall–Kier alpha value is -1.74. The molecule has 3 nitrogen and oxygen atoms in total. The van der Waals surface area contributed by atoms with E-state index < -0.39 is 0 Å². The van der Waals surface area contributed by atoms with Crippen LogP contribution in [0.2, 0.25) is 5.02 Å². The van der Waals surface area contributed by atoms with E-state index in [4.69, 9.17) is 11.6 Å². The number of benzene rings is 1.